The Balaban J connectivity index is 2.26. The molecule has 1 aromatic heterocycles. The fourth-order valence-electron chi connectivity index (χ4n) is 2.65. The van der Waals surface area contributed by atoms with Gasteiger partial charge in [0.1, 0.15) is 0 Å². The molecule has 1 N–H and O–H groups in total. The first-order valence-electron chi connectivity index (χ1n) is 6.59. The van der Waals surface area contributed by atoms with E-state index in [0.29, 0.717) is 6.04 Å². The van der Waals surface area contributed by atoms with E-state index in [1.54, 1.807) is 5.57 Å². The topological polar surface area (TPSA) is 24.9 Å². The molecule has 0 amide bonds. The van der Waals surface area contributed by atoms with E-state index >= 15 is 0 Å². The maximum absolute atomic E-state index is 4.18. The summed E-state index contributed by atoms with van der Waals surface area (Å²) in [6, 6.07) is 2.51. The number of hydrogen-bond acceptors (Lipinski definition) is 2. The highest BCUT2D eigenvalue weighted by molar-refractivity contribution is 5.32. The molecule has 2 nitrogen and oxygen atoms in total. The van der Waals surface area contributed by atoms with Gasteiger partial charge in [0, 0.05) is 12.4 Å². The summed E-state index contributed by atoms with van der Waals surface area (Å²) in [7, 11) is 2.05. The molecule has 0 radical (unpaired) electrons. The zero-order chi connectivity index (χ0) is 12.1. The first-order chi connectivity index (χ1) is 8.33. The fraction of sp³-hybridized carbons (Fsp3) is 0.533. The molecule has 1 aromatic rings. The van der Waals surface area contributed by atoms with Crippen molar-refractivity contribution in [3.05, 3.63) is 41.2 Å². The summed E-state index contributed by atoms with van der Waals surface area (Å²) in [4.78, 5) is 4.18. The van der Waals surface area contributed by atoms with Crippen molar-refractivity contribution >= 4 is 0 Å². The van der Waals surface area contributed by atoms with E-state index in [4.69, 9.17) is 0 Å². The van der Waals surface area contributed by atoms with Crippen LogP contribution in [0.15, 0.2) is 30.1 Å². The van der Waals surface area contributed by atoms with Crippen molar-refractivity contribution in [2.75, 3.05) is 7.05 Å². The van der Waals surface area contributed by atoms with Gasteiger partial charge in [0.05, 0.1) is 6.04 Å². The predicted octanol–water partition coefficient (Wildman–Crippen LogP) is 3.54. The van der Waals surface area contributed by atoms with Crippen LogP contribution in [0.5, 0.6) is 0 Å². The molecule has 1 aliphatic rings. The van der Waals surface area contributed by atoms with Gasteiger partial charge in [-0.1, -0.05) is 18.1 Å². The Morgan fingerprint density at radius 1 is 1.29 bits per heavy atom. The summed E-state index contributed by atoms with van der Waals surface area (Å²) in [5.74, 6) is 0. The van der Waals surface area contributed by atoms with Crippen molar-refractivity contribution in [1.82, 2.24) is 10.3 Å². The summed E-state index contributed by atoms with van der Waals surface area (Å²) < 4.78 is 0. The van der Waals surface area contributed by atoms with Crippen LogP contribution >= 0.6 is 0 Å². The highest BCUT2D eigenvalue weighted by Crippen LogP contribution is 2.30. The predicted molar refractivity (Wildman–Crippen MR) is 71.9 cm³/mol. The van der Waals surface area contributed by atoms with E-state index in [0.717, 1.165) is 0 Å². The van der Waals surface area contributed by atoms with Crippen LogP contribution < -0.4 is 5.32 Å². The third-order valence-electron chi connectivity index (χ3n) is 3.61. The monoisotopic (exact) mass is 230 g/mol. The number of allylic oxidation sites excluding steroid dienone is 1. The van der Waals surface area contributed by atoms with Crippen LogP contribution in [-0.2, 0) is 0 Å². The van der Waals surface area contributed by atoms with Crippen molar-refractivity contribution in [3.8, 4) is 0 Å². The van der Waals surface area contributed by atoms with Gasteiger partial charge < -0.3 is 5.32 Å². The van der Waals surface area contributed by atoms with Crippen LogP contribution in [0.3, 0.4) is 0 Å². The summed E-state index contributed by atoms with van der Waals surface area (Å²) >= 11 is 0. The number of aromatic nitrogens is 1. The molecule has 0 spiro atoms. The Kier molecular flexibility index (Phi) is 4.32. The average molecular weight is 230 g/mol. The highest BCUT2D eigenvalue weighted by atomic mass is 14.9. The third-order valence-corrected chi connectivity index (χ3v) is 3.61. The third kappa shape index (κ3) is 2.95. The lowest BCUT2D eigenvalue weighted by Crippen LogP contribution is -2.19. The van der Waals surface area contributed by atoms with Gasteiger partial charge in [-0.15, -0.1) is 0 Å². The minimum absolute atomic E-state index is 0.371. The molecule has 2 heteroatoms. The Morgan fingerprint density at radius 2 is 2.18 bits per heavy atom. The first-order valence-corrected chi connectivity index (χ1v) is 6.59. The Labute approximate surface area is 104 Å². The number of rotatable bonds is 3. The molecular weight excluding hydrogens is 208 g/mol. The second kappa shape index (κ2) is 5.97. The lowest BCUT2D eigenvalue weighted by Gasteiger charge is -2.21. The lowest BCUT2D eigenvalue weighted by molar-refractivity contribution is 0.625. The smallest absolute Gasteiger partial charge is 0.0537 e. The van der Waals surface area contributed by atoms with Crippen molar-refractivity contribution in [2.45, 2.75) is 45.1 Å². The second-order valence-electron chi connectivity index (χ2n) is 4.83. The zero-order valence-corrected chi connectivity index (χ0v) is 10.9. The first kappa shape index (κ1) is 12.3. The Bertz CT molecular complexity index is 396. The Hall–Kier alpha value is -1.15. The molecule has 0 aliphatic heterocycles. The van der Waals surface area contributed by atoms with E-state index in [-0.39, 0.29) is 0 Å². The molecule has 0 bridgehead atoms. The zero-order valence-electron chi connectivity index (χ0n) is 10.9. The molecule has 0 aromatic carbocycles. The summed E-state index contributed by atoms with van der Waals surface area (Å²) in [5.41, 5.74) is 4.20. The normalized spacial score (nSPS) is 18.4. The largest absolute Gasteiger partial charge is 0.310 e. The molecule has 1 aliphatic carbocycles. The molecule has 92 valence electrons. The number of pyridine rings is 1. The van der Waals surface area contributed by atoms with Crippen molar-refractivity contribution in [1.29, 1.82) is 0 Å². The molecule has 0 saturated carbocycles. The summed E-state index contributed by atoms with van der Waals surface area (Å²) in [6.07, 6.45) is 12.8. The number of aryl methyl sites for hydroxylation is 1. The number of nitrogens with zero attached hydrogens (tertiary/aromatic N) is 1. The van der Waals surface area contributed by atoms with Gasteiger partial charge in [-0.3, -0.25) is 4.98 Å². The van der Waals surface area contributed by atoms with Crippen molar-refractivity contribution in [3.63, 3.8) is 0 Å². The van der Waals surface area contributed by atoms with Gasteiger partial charge in [0.2, 0.25) is 0 Å². The van der Waals surface area contributed by atoms with Crippen molar-refractivity contribution in [2.24, 2.45) is 0 Å². The maximum Gasteiger partial charge on any atom is 0.0537 e. The molecule has 0 fully saturated rings. The summed E-state index contributed by atoms with van der Waals surface area (Å²) in [5, 5.41) is 3.46. The molecule has 1 atom stereocenters. The molecule has 1 heterocycles. The van der Waals surface area contributed by atoms with E-state index in [9.17, 15) is 0 Å². The number of nitrogens with one attached hydrogen (secondary N) is 1. The van der Waals surface area contributed by atoms with Crippen LogP contribution in [0.25, 0.3) is 0 Å². The van der Waals surface area contributed by atoms with Gasteiger partial charge in [0.25, 0.3) is 0 Å². The average Bonchev–Trinajstić information content (AvgIpc) is 2.62. The van der Waals surface area contributed by atoms with Crippen LogP contribution in [0, 0.1) is 6.92 Å². The molecule has 0 saturated heterocycles. The minimum Gasteiger partial charge on any atom is -0.310 e. The molecule has 2 rings (SSSR count). The van der Waals surface area contributed by atoms with Crippen molar-refractivity contribution < 1.29 is 0 Å². The standard InChI is InChI=1S/C15H22N2/c1-12-11-17-10-9-14(12)15(16-2)13-7-5-3-4-6-8-13/h7,9-11,15-16H,3-6,8H2,1-2H3. The fourth-order valence-corrected chi connectivity index (χ4v) is 2.65. The lowest BCUT2D eigenvalue weighted by atomic mass is 9.93. The highest BCUT2D eigenvalue weighted by Gasteiger charge is 2.17. The van der Waals surface area contributed by atoms with Crippen LogP contribution in [0.4, 0.5) is 0 Å². The quantitative estimate of drug-likeness (QED) is 0.803. The van der Waals surface area contributed by atoms with Gasteiger partial charge in [-0.05, 0) is 56.8 Å². The van der Waals surface area contributed by atoms with Gasteiger partial charge in [-0.25, -0.2) is 0 Å². The summed E-state index contributed by atoms with van der Waals surface area (Å²) in [6.45, 7) is 2.14. The van der Waals surface area contributed by atoms with Gasteiger partial charge in [0.15, 0.2) is 0 Å². The molecular formula is C15H22N2. The number of likely N-dealkylation sites (N-methyl/N-ethyl adjacent to an activating group) is 1. The minimum atomic E-state index is 0.371. The van der Waals surface area contributed by atoms with E-state index < -0.39 is 0 Å². The van der Waals surface area contributed by atoms with E-state index in [1.807, 2.05) is 12.4 Å². The number of hydrogen-bond donors (Lipinski definition) is 1. The van der Waals surface area contributed by atoms with E-state index in [2.05, 4.69) is 36.4 Å². The van der Waals surface area contributed by atoms with Gasteiger partial charge >= 0.3 is 0 Å². The Morgan fingerprint density at radius 3 is 2.94 bits per heavy atom. The van der Waals surface area contributed by atoms with Crippen LogP contribution in [0.2, 0.25) is 0 Å². The molecule has 17 heavy (non-hydrogen) atoms. The molecule has 1 unspecified atom stereocenters. The van der Waals surface area contributed by atoms with E-state index in [1.165, 1.54) is 43.2 Å². The maximum atomic E-state index is 4.18. The van der Waals surface area contributed by atoms with Crippen LogP contribution in [0.1, 0.15) is 49.3 Å². The van der Waals surface area contributed by atoms with Gasteiger partial charge in [-0.2, -0.15) is 0 Å². The van der Waals surface area contributed by atoms with Crippen LogP contribution in [-0.4, -0.2) is 12.0 Å². The second-order valence-corrected chi connectivity index (χ2v) is 4.83. The SMILES string of the molecule is CNC(C1=CCCCCC1)c1ccncc1C.